The highest BCUT2D eigenvalue weighted by atomic mass is 17.2. The molecule has 5 heterocycles. The summed E-state index contributed by atoms with van der Waals surface area (Å²) in [6.07, 6.45) is 1.95. The summed E-state index contributed by atoms with van der Waals surface area (Å²) in [5.74, 6) is -0.0225. The van der Waals surface area contributed by atoms with Crippen molar-refractivity contribution in [3.8, 4) is 22.9 Å². The Morgan fingerprint density at radius 3 is 2.58 bits per heavy atom. The topological polar surface area (TPSA) is 261 Å². The molecule has 0 unspecified atom stereocenters. The highest BCUT2D eigenvalue weighted by Crippen LogP contribution is 2.51. The van der Waals surface area contributed by atoms with E-state index in [0.29, 0.717) is 82.4 Å². The molecule has 1 fully saturated rings. The maximum Gasteiger partial charge on any atom is 0.220 e. The van der Waals surface area contributed by atoms with Crippen molar-refractivity contribution in [2.75, 3.05) is 33.4 Å². The molecule has 3 aliphatic rings. The molecule has 0 radical (unpaired) electrons. The fraction of sp³-hybridized carbons (Fsp3) is 0.429. The van der Waals surface area contributed by atoms with Crippen molar-refractivity contribution in [1.29, 1.82) is 0 Å². The molecule has 9 rings (SSSR count). The van der Waals surface area contributed by atoms with E-state index in [1.807, 2.05) is 37.0 Å². The van der Waals surface area contributed by atoms with Crippen LogP contribution in [-0.4, -0.2) is 120 Å². The molecule has 10 N–H and O–H groups in total. The number of aliphatic hydroxyl groups excluding tert-OH is 4. The number of ether oxygens (including phenoxy) is 1. The van der Waals surface area contributed by atoms with Gasteiger partial charge < -0.3 is 65.1 Å². The Kier molecular flexibility index (Phi) is 12.2. The van der Waals surface area contributed by atoms with Crippen LogP contribution >= 0.6 is 0 Å². The van der Waals surface area contributed by atoms with Gasteiger partial charge in [0.2, 0.25) is 5.91 Å². The Hall–Kier alpha value is -5.76. The minimum Gasteiger partial charge on any atom is -0.508 e. The second-order valence-corrected chi connectivity index (χ2v) is 18.1. The molecule has 1 spiro atoms. The first-order valence-electron chi connectivity index (χ1n) is 22.3. The molecule has 66 heavy (non-hydrogen) atoms. The first-order chi connectivity index (χ1) is 31.7. The van der Waals surface area contributed by atoms with E-state index in [4.69, 9.17) is 18.9 Å². The van der Waals surface area contributed by atoms with Crippen LogP contribution in [0.2, 0.25) is 0 Å². The maximum absolute atomic E-state index is 13.9. The van der Waals surface area contributed by atoms with Crippen molar-refractivity contribution in [2.24, 2.45) is 17.8 Å². The van der Waals surface area contributed by atoms with Crippen LogP contribution in [0.1, 0.15) is 42.3 Å². The van der Waals surface area contributed by atoms with Gasteiger partial charge in [0.1, 0.15) is 65.2 Å². The van der Waals surface area contributed by atoms with Gasteiger partial charge in [0.05, 0.1) is 17.5 Å². The summed E-state index contributed by atoms with van der Waals surface area (Å²) >= 11 is 0. The number of rotatable bonds is 15. The molecule has 17 nitrogen and oxygen atoms in total. The second-order valence-electron chi connectivity index (χ2n) is 18.1. The molecule has 17 heteroatoms. The molecule has 6 aromatic rings. The summed E-state index contributed by atoms with van der Waals surface area (Å²) in [5, 5.41) is 84.5. The summed E-state index contributed by atoms with van der Waals surface area (Å²) in [7, 11) is 1.82. The van der Waals surface area contributed by atoms with E-state index >= 15 is 0 Å². The lowest BCUT2D eigenvalue weighted by Crippen LogP contribution is -2.62. The molecule has 350 valence electrons. The third kappa shape index (κ3) is 7.92. The average molecular weight is 909 g/mol. The lowest BCUT2D eigenvalue weighted by molar-refractivity contribution is -0.376. The molecule has 9 atom stereocenters. The Labute approximate surface area is 378 Å². The first-order valence-corrected chi connectivity index (χ1v) is 22.3. The zero-order valence-electron chi connectivity index (χ0n) is 36.9. The number of phenolic OH excluding ortho intramolecular Hbond substituents is 2. The second kappa shape index (κ2) is 17.8. The third-order valence-corrected chi connectivity index (χ3v) is 13.9. The van der Waals surface area contributed by atoms with Crippen molar-refractivity contribution < 1.29 is 59.5 Å². The standard InChI is InChI=1S/C49H56N4O13/c1-4-37-33-11-12-51-36(33)22-53(37)43-45-28(14-35-39(57)13-25(2)64-46(35)43)15-41(49(65-45)19-26(5-7-30(49)21-50-3)29-16-42(59)52-20-29)66-63-24-48(62,47(61)44(60)40(58)23-54)18-27-6-10-38(56)32-9-8-31(55)17-34(27)32/h5-14,17,22,26,29-30,40-41,44,47,50-51,54-56,58,60-62H,4,15-16,18-21,23-24H2,1-3H3,(H,52,59)/t26-,29-,30+,40+,41+,44+,47-,48-,49-/m0/s1. The number of aromatic hydroxyl groups is 2. The number of benzene rings is 3. The molecule has 3 aromatic carbocycles. The van der Waals surface area contributed by atoms with E-state index in [1.165, 1.54) is 36.4 Å². The quantitative estimate of drug-likeness (QED) is 0.0404. The summed E-state index contributed by atoms with van der Waals surface area (Å²) in [6, 6.07) is 12.3. The highest BCUT2D eigenvalue weighted by Gasteiger charge is 2.56. The van der Waals surface area contributed by atoms with E-state index in [0.717, 1.165) is 16.6 Å². The normalized spacial score (nSPS) is 24.1. The Morgan fingerprint density at radius 2 is 1.83 bits per heavy atom. The van der Waals surface area contributed by atoms with Gasteiger partial charge in [-0.25, -0.2) is 9.78 Å². The van der Waals surface area contributed by atoms with Gasteiger partial charge in [-0.3, -0.25) is 9.59 Å². The van der Waals surface area contributed by atoms with E-state index in [2.05, 4.69) is 27.8 Å². The van der Waals surface area contributed by atoms with E-state index in [1.54, 1.807) is 13.0 Å². The van der Waals surface area contributed by atoms with Crippen molar-refractivity contribution in [3.63, 3.8) is 0 Å². The van der Waals surface area contributed by atoms with Crippen LogP contribution in [0.5, 0.6) is 17.2 Å². The van der Waals surface area contributed by atoms with Crippen LogP contribution < -0.4 is 20.8 Å². The van der Waals surface area contributed by atoms with Crippen LogP contribution in [0.15, 0.2) is 82.3 Å². The van der Waals surface area contributed by atoms with Gasteiger partial charge in [0.15, 0.2) is 16.8 Å². The van der Waals surface area contributed by atoms with Crippen molar-refractivity contribution in [3.05, 3.63) is 106 Å². The van der Waals surface area contributed by atoms with Gasteiger partial charge in [0, 0.05) is 78.8 Å². The van der Waals surface area contributed by atoms with Crippen LogP contribution in [0.4, 0.5) is 0 Å². The summed E-state index contributed by atoms with van der Waals surface area (Å²) < 4.78 is 16.0. The maximum atomic E-state index is 13.9. The van der Waals surface area contributed by atoms with Gasteiger partial charge in [-0.1, -0.05) is 25.1 Å². The number of aliphatic hydroxyl groups is 5. The Morgan fingerprint density at radius 1 is 1.02 bits per heavy atom. The summed E-state index contributed by atoms with van der Waals surface area (Å²) in [6.45, 7) is 2.92. The molecular formula is C49H56N4O13. The van der Waals surface area contributed by atoms with E-state index in [-0.39, 0.29) is 47.0 Å². The predicted octanol–water partition coefficient (Wildman–Crippen LogP) is 3.09. The number of nitrogens with zero attached hydrogens (tertiary/aromatic N) is 1. The number of aryl methyl sites for hydroxylation is 2. The molecule has 1 saturated heterocycles. The number of fused-ring (bicyclic) bond motifs is 4. The fourth-order valence-corrected chi connectivity index (χ4v) is 10.5. The number of nitrogens with one attached hydrogen (secondary N) is 3. The zero-order valence-corrected chi connectivity index (χ0v) is 36.9. The minimum absolute atomic E-state index is 0.0524. The van der Waals surface area contributed by atoms with Crippen LogP contribution in [0, 0.1) is 24.7 Å². The number of carbonyl (C=O) groups excluding carboxylic acids is 1. The number of amides is 1. The van der Waals surface area contributed by atoms with Gasteiger partial charge >= 0.3 is 0 Å². The van der Waals surface area contributed by atoms with Crippen molar-refractivity contribution >= 4 is 38.6 Å². The SMILES string of the molecule is CCc1c2cc[nH]c2cn1-c1c2c(cc3c(=O)cc(C)oc13)C[C@@H](OOC[C@@](O)(Cc1ccc(O)c3ccc(O)cc13)[C@@H](O)[C@H](O)[C@H](O)CO)[C@@]1(C[C@@H]([C@@H]3CNC(=O)C3)C=C[C@@H]1CNC)O2. The molecule has 1 amide bonds. The molecule has 2 aliphatic heterocycles. The lowest BCUT2D eigenvalue weighted by Gasteiger charge is -2.51. The number of carbonyl (C=O) groups is 1. The molecule has 0 bridgehead atoms. The minimum atomic E-state index is -2.44. The molecular weight excluding hydrogens is 853 g/mol. The van der Waals surface area contributed by atoms with Crippen molar-refractivity contribution in [2.45, 2.75) is 81.6 Å². The van der Waals surface area contributed by atoms with Gasteiger partial charge in [0.25, 0.3) is 0 Å². The van der Waals surface area contributed by atoms with Gasteiger partial charge in [-0.2, -0.15) is 0 Å². The number of allylic oxidation sites excluding steroid dienone is 1. The molecule has 3 aromatic heterocycles. The highest BCUT2D eigenvalue weighted by molar-refractivity contribution is 5.93. The smallest absolute Gasteiger partial charge is 0.220 e. The van der Waals surface area contributed by atoms with Crippen LogP contribution in [-0.2, 0) is 33.8 Å². The number of aromatic nitrogens is 2. The number of aromatic amines is 1. The Balaban J connectivity index is 1.17. The number of hydrogen-bond donors (Lipinski definition) is 10. The average Bonchev–Trinajstić information content (AvgIpc) is 4.04. The molecule has 0 saturated carbocycles. The summed E-state index contributed by atoms with van der Waals surface area (Å²) in [4.78, 5) is 42.3. The summed E-state index contributed by atoms with van der Waals surface area (Å²) in [5.41, 5.74) is -0.295. The zero-order chi connectivity index (χ0) is 46.7. The monoisotopic (exact) mass is 908 g/mol. The predicted molar refractivity (Wildman–Crippen MR) is 242 cm³/mol. The third-order valence-electron chi connectivity index (χ3n) is 13.9. The van der Waals surface area contributed by atoms with Gasteiger partial charge in [-0.05, 0) is 86.0 Å². The van der Waals surface area contributed by atoms with Crippen LogP contribution in [0.25, 0.3) is 38.3 Å². The van der Waals surface area contributed by atoms with Crippen LogP contribution in [0.3, 0.4) is 0 Å². The Bertz CT molecular complexity index is 2890. The first kappa shape index (κ1) is 45.4. The number of phenols is 2. The molecule has 1 aliphatic carbocycles. The fourth-order valence-electron chi connectivity index (χ4n) is 10.5. The number of H-pyrrole nitrogens is 1. The van der Waals surface area contributed by atoms with Crippen molar-refractivity contribution in [1.82, 2.24) is 20.2 Å². The van der Waals surface area contributed by atoms with Gasteiger partial charge in [-0.15, -0.1) is 0 Å². The lowest BCUT2D eigenvalue weighted by atomic mass is 9.66. The number of hydrogen-bond acceptors (Lipinski definition) is 14. The van der Waals surface area contributed by atoms with E-state index in [9.17, 15) is 45.3 Å². The van der Waals surface area contributed by atoms with E-state index < -0.39 is 55.3 Å². The largest absolute Gasteiger partial charge is 0.508 e.